The first-order chi connectivity index (χ1) is 16.8. The largest absolute Gasteiger partial charge is 0.340 e. The lowest BCUT2D eigenvalue weighted by molar-refractivity contribution is -0.116. The number of hydrogen-bond donors (Lipinski definition) is 3. The van der Waals surface area contributed by atoms with Crippen molar-refractivity contribution in [2.45, 2.75) is 34.2 Å². The maximum atomic E-state index is 12.4. The number of aryl methyl sites for hydroxylation is 3. The number of amides is 1. The molecule has 0 spiro atoms. The molecule has 0 fully saturated rings. The number of carbonyl (C=O) groups excluding carboxylic acids is 1. The van der Waals surface area contributed by atoms with E-state index in [0.29, 0.717) is 28.7 Å². The molecule has 9 heteroatoms. The lowest BCUT2D eigenvalue weighted by atomic mass is 10.2. The zero-order valence-electron chi connectivity index (χ0n) is 20.1. The van der Waals surface area contributed by atoms with Gasteiger partial charge in [-0.15, -0.1) is 0 Å². The van der Waals surface area contributed by atoms with Crippen molar-refractivity contribution in [1.29, 1.82) is 0 Å². The Morgan fingerprint density at radius 2 is 1.49 bits per heavy atom. The normalized spacial score (nSPS) is 10.6. The summed E-state index contributed by atoms with van der Waals surface area (Å²) in [7, 11) is 0. The van der Waals surface area contributed by atoms with Crippen molar-refractivity contribution in [3.05, 3.63) is 93.8 Å². The van der Waals surface area contributed by atoms with E-state index >= 15 is 0 Å². The first-order valence-electron chi connectivity index (χ1n) is 11.2. The van der Waals surface area contributed by atoms with Gasteiger partial charge in [0.2, 0.25) is 11.9 Å². The summed E-state index contributed by atoms with van der Waals surface area (Å²) in [6.45, 7) is 7.30. The molecule has 0 bridgehead atoms. The van der Waals surface area contributed by atoms with Crippen LogP contribution in [0, 0.1) is 27.7 Å². The fourth-order valence-electron chi connectivity index (χ4n) is 3.38. The number of benzene rings is 2. The van der Waals surface area contributed by atoms with E-state index in [1.165, 1.54) is 16.5 Å². The Morgan fingerprint density at radius 1 is 0.857 bits per heavy atom. The maximum Gasteiger partial charge on any atom is 0.256 e. The Bertz CT molecular complexity index is 1410. The van der Waals surface area contributed by atoms with Crippen LogP contribution in [0.3, 0.4) is 0 Å². The van der Waals surface area contributed by atoms with Gasteiger partial charge in [0, 0.05) is 40.1 Å². The van der Waals surface area contributed by atoms with Crippen LogP contribution in [0.2, 0.25) is 0 Å². The highest BCUT2D eigenvalue weighted by Crippen LogP contribution is 2.21. The third-order valence-electron chi connectivity index (χ3n) is 5.43. The van der Waals surface area contributed by atoms with E-state index < -0.39 is 0 Å². The predicted octanol–water partition coefficient (Wildman–Crippen LogP) is 4.39. The van der Waals surface area contributed by atoms with Crippen molar-refractivity contribution in [2.75, 3.05) is 16.0 Å². The second-order valence-corrected chi connectivity index (χ2v) is 8.35. The van der Waals surface area contributed by atoms with Gasteiger partial charge in [-0.25, -0.2) is 9.97 Å². The summed E-state index contributed by atoms with van der Waals surface area (Å²) in [5, 5.41) is 9.29. The summed E-state index contributed by atoms with van der Waals surface area (Å²) >= 11 is 0. The summed E-state index contributed by atoms with van der Waals surface area (Å²) < 4.78 is 1.30. The molecule has 2 aromatic heterocycles. The molecular formula is C26H27N7O2. The highest BCUT2D eigenvalue weighted by molar-refractivity contribution is 5.90. The number of carbonyl (C=O) groups is 1. The fourth-order valence-corrected chi connectivity index (χ4v) is 3.38. The highest BCUT2D eigenvalue weighted by Gasteiger charge is 2.09. The zero-order valence-corrected chi connectivity index (χ0v) is 20.1. The number of aromatic nitrogens is 4. The Hall–Kier alpha value is -4.53. The molecule has 0 unspecified atom stereocenters. The van der Waals surface area contributed by atoms with Gasteiger partial charge in [-0.1, -0.05) is 17.7 Å². The van der Waals surface area contributed by atoms with Crippen molar-refractivity contribution in [2.24, 2.45) is 0 Å². The molecule has 0 atom stereocenters. The molecule has 0 saturated heterocycles. The molecule has 1 amide bonds. The second-order valence-electron chi connectivity index (χ2n) is 8.35. The van der Waals surface area contributed by atoms with Crippen LogP contribution in [0.15, 0.2) is 65.7 Å². The van der Waals surface area contributed by atoms with Gasteiger partial charge in [-0.3, -0.25) is 14.2 Å². The third-order valence-corrected chi connectivity index (χ3v) is 5.43. The average Bonchev–Trinajstić information content (AvgIpc) is 2.82. The molecule has 0 radical (unpaired) electrons. The van der Waals surface area contributed by atoms with E-state index in [2.05, 4.69) is 30.9 Å². The highest BCUT2D eigenvalue weighted by atomic mass is 16.2. The van der Waals surface area contributed by atoms with Crippen LogP contribution in [0.4, 0.5) is 28.8 Å². The molecular weight excluding hydrogens is 442 g/mol. The molecule has 2 heterocycles. The smallest absolute Gasteiger partial charge is 0.256 e. The van der Waals surface area contributed by atoms with Crippen molar-refractivity contribution < 1.29 is 4.79 Å². The van der Waals surface area contributed by atoms with Crippen LogP contribution in [-0.2, 0) is 11.3 Å². The van der Waals surface area contributed by atoms with Crippen LogP contribution in [0.1, 0.15) is 22.5 Å². The minimum absolute atomic E-state index is 0.107. The van der Waals surface area contributed by atoms with Gasteiger partial charge < -0.3 is 16.0 Å². The maximum absolute atomic E-state index is 12.4. The van der Waals surface area contributed by atoms with Gasteiger partial charge in [-0.2, -0.15) is 4.98 Å². The van der Waals surface area contributed by atoms with Crippen molar-refractivity contribution in [1.82, 2.24) is 19.5 Å². The molecule has 178 valence electrons. The van der Waals surface area contributed by atoms with E-state index in [-0.39, 0.29) is 18.0 Å². The average molecular weight is 470 g/mol. The first kappa shape index (κ1) is 23.6. The van der Waals surface area contributed by atoms with Gasteiger partial charge >= 0.3 is 0 Å². The topological polar surface area (TPSA) is 114 Å². The monoisotopic (exact) mass is 469 g/mol. The molecule has 0 aliphatic carbocycles. The summed E-state index contributed by atoms with van der Waals surface area (Å²) in [6, 6.07) is 17.1. The van der Waals surface area contributed by atoms with Crippen LogP contribution < -0.4 is 21.5 Å². The molecule has 35 heavy (non-hydrogen) atoms. The predicted molar refractivity (Wildman–Crippen MR) is 138 cm³/mol. The molecule has 4 aromatic rings. The van der Waals surface area contributed by atoms with Gasteiger partial charge in [0.15, 0.2) is 0 Å². The molecule has 9 nitrogen and oxygen atoms in total. The van der Waals surface area contributed by atoms with E-state index in [4.69, 9.17) is 0 Å². The van der Waals surface area contributed by atoms with E-state index in [9.17, 15) is 9.59 Å². The Kier molecular flexibility index (Phi) is 6.86. The number of anilines is 5. The number of nitrogens with one attached hydrogen (secondary N) is 3. The number of rotatable bonds is 7. The van der Waals surface area contributed by atoms with Crippen LogP contribution in [-0.4, -0.2) is 25.4 Å². The van der Waals surface area contributed by atoms with Crippen molar-refractivity contribution in [3.8, 4) is 0 Å². The quantitative estimate of drug-likeness (QED) is 0.368. The van der Waals surface area contributed by atoms with Crippen LogP contribution >= 0.6 is 0 Å². The molecule has 2 aromatic carbocycles. The van der Waals surface area contributed by atoms with E-state index in [1.54, 1.807) is 26.0 Å². The van der Waals surface area contributed by atoms with E-state index in [0.717, 1.165) is 17.1 Å². The summed E-state index contributed by atoms with van der Waals surface area (Å²) in [4.78, 5) is 37.8. The van der Waals surface area contributed by atoms with Crippen molar-refractivity contribution in [3.63, 3.8) is 0 Å². The second kappa shape index (κ2) is 10.2. The lowest BCUT2D eigenvalue weighted by Gasteiger charge is -2.11. The summed E-state index contributed by atoms with van der Waals surface area (Å²) in [5.41, 5.74) is 5.30. The fraction of sp³-hybridized carbons (Fsp3) is 0.192. The summed E-state index contributed by atoms with van der Waals surface area (Å²) in [6.07, 6.45) is 1.39. The molecule has 3 N–H and O–H groups in total. The standard InChI is InChI=1S/C26H27N7O2/c1-16-5-7-22(8-6-16)31-26-28-17(2)13-23(32-26)29-20-9-11-21(12-10-20)30-24(34)14-33-15-27-19(4)18(3)25(33)35/h5-13,15H,14H2,1-4H3,(H,30,34)(H2,28,29,31,32). The van der Waals surface area contributed by atoms with Gasteiger partial charge in [0.05, 0.1) is 6.33 Å². The van der Waals surface area contributed by atoms with Crippen LogP contribution in [0.5, 0.6) is 0 Å². The lowest BCUT2D eigenvalue weighted by Crippen LogP contribution is -2.29. The van der Waals surface area contributed by atoms with Crippen molar-refractivity contribution >= 4 is 34.7 Å². The molecule has 4 rings (SSSR count). The molecule has 0 aliphatic rings. The Morgan fingerprint density at radius 3 is 2.20 bits per heavy atom. The first-order valence-corrected chi connectivity index (χ1v) is 11.2. The Balaban J connectivity index is 1.39. The minimum Gasteiger partial charge on any atom is -0.340 e. The van der Waals surface area contributed by atoms with Gasteiger partial charge in [0.25, 0.3) is 5.56 Å². The van der Waals surface area contributed by atoms with Gasteiger partial charge in [0.1, 0.15) is 12.4 Å². The minimum atomic E-state index is -0.309. The third kappa shape index (κ3) is 6.08. The molecule has 0 aliphatic heterocycles. The van der Waals surface area contributed by atoms with E-state index in [1.807, 2.05) is 56.3 Å². The number of hydrogen-bond acceptors (Lipinski definition) is 7. The Labute approximate surface area is 203 Å². The molecule has 0 saturated carbocycles. The number of nitrogens with zero attached hydrogens (tertiary/aromatic N) is 4. The zero-order chi connectivity index (χ0) is 24.9. The SMILES string of the molecule is Cc1ccc(Nc2nc(C)cc(Nc3ccc(NC(=O)Cn4cnc(C)c(C)c4=O)cc3)n2)cc1. The summed E-state index contributed by atoms with van der Waals surface area (Å²) in [5.74, 6) is 0.831. The van der Waals surface area contributed by atoms with Crippen LogP contribution in [0.25, 0.3) is 0 Å². The van der Waals surface area contributed by atoms with Gasteiger partial charge in [-0.05, 0) is 64.1 Å².